The summed E-state index contributed by atoms with van der Waals surface area (Å²) in [6, 6.07) is -0.121. The Balaban J connectivity index is 0.00000225. The summed E-state index contributed by atoms with van der Waals surface area (Å²) in [5, 5.41) is 0. The van der Waals surface area contributed by atoms with E-state index in [1.807, 2.05) is 0 Å². The first-order valence-electron chi connectivity index (χ1n) is 5.04. The molecule has 0 bridgehead atoms. The first kappa shape index (κ1) is 16.9. The van der Waals surface area contributed by atoms with Gasteiger partial charge in [0, 0.05) is 12.6 Å². The van der Waals surface area contributed by atoms with Gasteiger partial charge in [-0.05, 0) is 26.2 Å². The van der Waals surface area contributed by atoms with Crippen LogP contribution in [0.1, 0.15) is 19.8 Å². The van der Waals surface area contributed by atoms with Gasteiger partial charge in [0.05, 0.1) is 5.92 Å². The third-order valence-corrected chi connectivity index (χ3v) is 2.86. The van der Waals surface area contributed by atoms with Crippen molar-refractivity contribution in [2.45, 2.75) is 25.8 Å². The van der Waals surface area contributed by atoms with Crippen molar-refractivity contribution in [3.05, 3.63) is 0 Å². The van der Waals surface area contributed by atoms with Crippen molar-refractivity contribution in [1.29, 1.82) is 0 Å². The van der Waals surface area contributed by atoms with Gasteiger partial charge in [-0.15, -0.1) is 0 Å². The SMILES string of the molecule is CC1CCC(C(N)=O)CN1C[B-](F)(F)F.[K+]. The fourth-order valence-corrected chi connectivity index (χ4v) is 1.93. The second-order valence-electron chi connectivity index (χ2n) is 4.19. The van der Waals surface area contributed by atoms with Crippen LogP contribution in [0.15, 0.2) is 0 Å². The third-order valence-electron chi connectivity index (χ3n) is 2.86. The molecule has 1 rings (SSSR count). The van der Waals surface area contributed by atoms with E-state index in [-0.39, 0.29) is 64.0 Å². The van der Waals surface area contributed by atoms with E-state index in [1.165, 1.54) is 4.90 Å². The Morgan fingerprint density at radius 3 is 2.44 bits per heavy atom. The van der Waals surface area contributed by atoms with Crippen LogP contribution in [0.3, 0.4) is 0 Å². The Morgan fingerprint density at radius 1 is 1.44 bits per heavy atom. The average molecular weight is 262 g/mol. The molecule has 2 atom stereocenters. The monoisotopic (exact) mass is 262 g/mol. The van der Waals surface area contributed by atoms with Gasteiger partial charge in [-0.1, -0.05) is 0 Å². The van der Waals surface area contributed by atoms with E-state index in [4.69, 9.17) is 5.73 Å². The van der Waals surface area contributed by atoms with Crippen molar-refractivity contribution in [3.63, 3.8) is 0 Å². The second kappa shape index (κ2) is 6.75. The second-order valence-corrected chi connectivity index (χ2v) is 4.19. The Morgan fingerprint density at radius 2 is 2.00 bits per heavy atom. The van der Waals surface area contributed by atoms with Crippen LogP contribution in [0.25, 0.3) is 0 Å². The summed E-state index contributed by atoms with van der Waals surface area (Å²) in [5.74, 6) is -0.930. The summed E-state index contributed by atoms with van der Waals surface area (Å²) < 4.78 is 36.7. The molecule has 1 amide bonds. The zero-order chi connectivity index (χ0) is 11.6. The molecule has 1 aliphatic heterocycles. The standard InChI is InChI=1S/C8H15BF3N2O.K/c1-6-2-3-7(8(13)15)4-14(6)5-9(10,11)12;/h6-7H,2-5H2,1H3,(H2,13,15);/q-1;+1. The number of rotatable bonds is 3. The molecule has 0 saturated carbocycles. The summed E-state index contributed by atoms with van der Waals surface area (Å²) in [6.07, 6.45) is 0.294. The van der Waals surface area contributed by atoms with Crippen LogP contribution >= 0.6 is 0 Å². The summed E-state index contributed by atoms with van der Waals surface area (Å²) >= 11 is 0. The van der Waals surface area contributed by atoms with Crippen LogP contribution in [0.4, 0.5) is 12.9 Å². The molecule has 0 radical (unpaired) electrons. The topological polar surface area (TPSA) is 46.3 Å². The van der Waals surface area contributed by atoms with Crippen LogP contribution in [0.2, 0.25) is 0 Å². The Labute approximate surface area is 136 Å². The molecule has 88 valence electrons. The molecule has 0 aromatic carbocycles. The van der Waals surface area contributed by atoms with Crippen molar-refractivity contribution in [1.82, 2.24) is 4.90 Å². The van der Waals surface area contributed by atoms with Crippen molar-refractivity contribution >= 4 is 12.9 Å². The molecule has 1 aliphatic rings. The molecule has 1 saturated heterocycles. The van der Waals surface area contributed by atoms with E-state index in [9.17, 15) is 17.7 Å². The number of carbonyl (C=O) groups is 1. The Bertz CT molecular complexity index is 252. The third kappa shape index (κ3) is 5.50. The van der Waals surface area contributed by atoms with Gasteiger partial charge in [-0.3, -0.25) is 4.79 Å². The quantitative estimate of drug-likeness (QED) is 0.596. The molecule has 3 nitrogen and oxygen atoms in total. The predicted octanol–water partition coefficient (Wildman–Crippen LogP) is -2.04. The van der Waals surface area contributed by atoms with E-state index < -0.39 is 25.2 Å². The van der Waals surface area contributed by atoms with E-state index in [1.54, 1.807) is 6.92 Å². The molecule has 2 N–H and O–H groups in total. The van der Waals surface area contributed by atoms with Crippen molar-refractivity contribution in [2.24, 2.45) is 11.7 Å². The maximum atomic E-state index is 12.2. The van der Waals surface area contributed by atoms with Gasteiger partial charge in [-0.25, -0.2) is 0 Å². The number of hydrogen-bond acceptors (Lipinski definition) is 2. The average Bonchev–Trinajstić information content (AvgIpc) is 2.06. The van der Waals surface area contributed by atoms with Gasteiger partial charge in [0.15, 0.2) is 0 Å². The molecule has 16 heavy (non-hydrogen) atoms. The predicted molar refractivity (Wildman–Crippen MR) is 52.0 cm³/mol. The molecular weight excluding hydrogens is 247 g/mol. The summed E-state index contributed by atoms with van der Waals surface area (Å²) in [7, 11) is 0. The first-order chi connectivity index (χ1) is 6.79. The summed E-state index contributed by atoms with van der Waals surface area (Å²) in [5.41, 5.74) is 5.10. The number of amides is 1. The molecule has 8 heteroatoms. The van der Waals surface area contributed by atoms with Gasteiger partial charge in [0.25, 0.3) is 0 Å². The van der Waals surface area contributed by atoms with Crippen LogP contribution in [-0.4, -0.2) is 36.8 Å². The van der Waals surface area contributed by atoms with Gasteiger partial charge >= 0.3 is 58.4 Å². The minimum Gasteiger partial charge on any atom is -0.448 e. The zero-order valence-electron chi connectivity index (χ0n) is 9.63. The molecule has 2 unspecified atom stereocenters. The van der Waals surface area contributed by atoms with Gasteiger partial charge in [0.1, 0.15) is 0 Å². The maximum Gasteiger partial charge on any atom is 1.00 e. The summed E-state index contributed by atoms with van der Waals surface area (Å²) in [4.78, 5) is 12.2. The number of nitrogens with two attached hydrogens (primary N) is 1. The Kier molecular flexibility index (Phi) is 7.14. The smallest absolute Gasteiger partial charge is 0.448 e. The maximum absolute atomic E-state index is 12.2. The fourth-order valence-electron chi connectivity index (χ4n) is 1.93. The van der Waals surface area contributed by atoms with E-state index in [2.05, 4.69) is 0 Å². The molecular formula is C8H15BF3KN2O. The summed E-state index contributed by atoms with van der Waals surface area (Å²) in [6.45, 7) is -2.94. The van der Waals surface area contributed by atoms with Crippen molar-refractivity contribution in [2.75, 3.05) is 13.0 Å². The van der Waals surface area contributed by atoms with Crippen LogP contribution < -0.4 is 57.1 Å². The number of primary amides is 1. The van der Waals surface area contributed by atoms with Crippen LogP contribution in [0, 0.1) is 5.92 Å². The number of hydrogen-bond donors (Lipinski definition) is 1. The molecule has 1 fully saturated rings. The first-order valence-corrected chi connectivity index (χ1v) is 5.04. The molecule has 0 spiro atoms. The minimum atomic E-state index is -4.83. The number of halogens is 3. The van der Waals surface area contributed by atoms with E-state index >= 15 is 0 Å². The number of likely N-dealkylation sites (tertiary alicyclic amines) is 1. The molecule has 0 aromatic rings. The van der Waals surface area contributed by atoms with Crippen molar-refractivity contribution < 1.29 is 69.1 Å². The Hall–Kier alpha value is 0.921. The van der Waals surface area contributed by atoms with E-state index in [0.29, 0.717) is 12.8 Å². The van der Waals surface area contributed by atoms with E-state index in [0.717, 1.165) is 0 Å². The molecule has 0 aliphatic carbocycles. The van der Waals surface area contributed by atoms with Crippen LogP contribution in [0.5, 0.6) is 0 Å². The van der Waals surface area contributed by atoms with Gasteiger partial charge < -0.3 is 23.6 Å². The fraction of sp³-hybridized carbons (Fsp3) is 0.875. The zero-order valence-corrected chi connectivity index (χ0v) is 12.8. The minimum absolute atomic E-state index is 0. The normalized spacial score (nSPS) is 27.2. The number of carbonyl (C=O) groups excluding carboxylic acids is 1. The number of nitrogens with zero attached hydrogens (tertiary/aromatic N) is 1. The molecule has 0 aromatic heterocycles. The molecule has 1 heterocycles. The van der Waals surface area contributed by atoms with Crippen LogP contribution in [-0.2, 0) is 4.79 Å². The van der Waals surface area contributed by atoms with Gasteiger partial charge in [0.2, 0.25) is 5.91 Å². The largest absolute Gasteiger partial charge is 1.00 e. The van der Waals surface area contributed by atoms with Gasteiger partial charge in [-0.2, -0.15) is 0 Å². The van der Waals surface area contributed by atoms with Crippen molar-refractivity contribution in [3.8, 4) is 0 Å². The number of piperidine rings is 1.